The van der Waals surface area contributed by atoms with Gasteiger partial charge in [0.2, 0.25) is 0 Å². The van der Waals surface area contributed by atoms with Gasteiger partial charge in [0.15, 0.2) is 0 Å². The Morgan fingerprint density at radius 1 is 1.12 bits per heavy atom. The second kappa shape index (κ2) is 9.00. The Balaban J connectivity index is 3.76. The summed E-state index contributed by atoms with van der Waals surface area (Å²) in [5.74, 6) is 1.59. The molecule has 2 N–H and O–H groups in total. The van der Waals surface area contributed by atoms with Gasteiger partial charge >= 0.3 is 0 Å². The van der Waals surface area contributed by atoms with E-state index < -0.39 is 0 Å². The Bertz CT molecular complexity index is 157. The van der Waals surface area contributed by atoms with E-state index in [-0.39, 0.29) is 0 Å². The molecule has 2 heteroatoms. The van der Waals surface area contributed by atoms with Crippen molar-refractivity contribution in [3.63, 3.8) is 0 Å². The van der Waals surface area contributed by atoms with Crippen LogP contribution < -0.4 is 5.73 Å². The molecule has 0 aliphatic carbocycles. The van der Waals surface area contributed by atoms with Gasteiger partial charge in [-0.1, -0.05) is 20.8 Å². The van der Waals surface area contributed by atoms with Crippen molar-refractivity contribution < 1.29 is 0 Å². The summed E-state index contributed by atoms with van der Waals surface area (Å²) in [6.07, 6.45) is 5.07. The van der Waals surface area contributed by atoms with Crippen LogP contribution >= 0.6 is 0 Å². The van der Waals surface area contributed by atoms with Crippen LogP contribution in [0.4, 0.5) is 0 Å². The van der Waals surface area contributed by atoms with Crippen LogP contribution in [0.1, 0.15) is 53.4 Å². The predicted molar refractivity (Wildman–Crippen MR) is 73.6 cm³/mol. The molecule has 0 fully saturated rings. The van der Waals surface area contributed by atoms with Crippen LogP contribution in [0, 0.1) is 11.8 Å². The fraction of sp³-hybridized carbons (Fsp3) is 1.00. The smallest absolute Gasteiger partial charge is 0.00612 e. The second-order valence-electron chi connectivity index (χ2n) is 5.46. The summed E-state index contributed by atoms with van der Waals surface area (Å²) in [5, 5.41) is 0. The van der Waals surface area contributed by atoms with Crippen LogP contribution in [0.15, 0.2) is 0 Å². The molecule has 2 atom stereocenters. The van der Waals surface area contributed by atoms with Crippen LogP contribution in [0.2, 0.25) is 0 Å². The van der Waals surface area contributed by atoms with Crippen molar-refractivity contribution in [2.24, 2.45) is 17.6 Å². The molecule has 0 saturated carbocycles. The minimum atomic E-state index is 0.715. The largest absolute Gasteiger partial charge is 0.330 e. The van der Waals surface area contributed by atoms with Crippen molar-refractivity contribution in [1.29, 1.82) is 0 Å². The van der Waals surface area contributed by atoms with Gasteiger partial charge in [-0.25, -0.2) is 0 Å². The highest BCUT2D eigenvalue weighted by Gasteiger charge is 2.13. The molecular weight excluding hydrogens is 196 g/mol. The Morgan fingerprint density at radius 2 is 1.75 bits per heavy atom. The van der Waals surface area contributed by atoms with Crippen LogP contribution in [0.5, 0.6) is 0 Å². The van der Waals surface area contributed by atoms with E-state index in [0.29, 0.717) is 6.04 Å². The molecule has 2 unspecified atom stereocenters. The van der Waals surface area contributed by atoms with Crippen LogP contribution in [-0.4, -0.2) is 31.1 Å². The molecule has 0 saturated heterocycles. The minimum Gasteiger partial charge on any atom is -0.330 e. The first kappa shape index (κ1) is 15.9. The molecule has 0 aromatic heterocycles. The first-order chi connectivity index (χ1) is 7.52. The zero-order valence-electron chi connectivity index (χ0n) is 12.0. The molecule has 0 heterocycles. The van der Waals surface area contributed by atoms with E-state index in [0.717, 1.165) is 18.4 Å². The first-order valence-electron chi connectivity index (χ1n) is 6.93. The lowest BCUT2D eigenvalue weighted by atomic mass is 9.88. The lowest BCUT2D eigenvalue weighted by Gasteiger charge is -2.25. The molecule has 98 valence electrons. The van der Waals surface area contributed by atoms with Gasteiger partial charge in [0.25, 0.3) is 0 Å². The summed E-state index contributed by atoms with van der Waals surface area (Å²) in [4.78, 5) is 2.47. The normalized spacial score (nSPS) is 15.8. The maximum atomic E-state index is 5.66. The fourth-order valence-corrected chi connectivity index (χ4v) is 2.16. The molecule has 0 amide bonds. The summed E-state index contributed by atoms with van der Waals surface area (Å²) in [6.45, 7) is 11.3. The Kier molecular flexibility index (Phi) is 8.96. The first-order valence-corrected chi connectivity index (χ1v) is 6.93. The maximum absolute atomic E-state index is 5.66. The zero-order chi connectivity index (χ0) is 12.6. The zero-order valence-corrected chi connectivity index (χ0v) is 12.0. The molecular formula is C14H32N2. The van der Waals surface area contributed by atoms with Crippen LogP contribution in [0.25, 0.3) is 0 Å². The van der Waals surface area contributed by atoms with Crippen LogP contribution in [0.3, 0.4) is 0 Å². The molecule has 0 rings (SSSR count). The third kappa shape index (κ3) is 6.49. The number of hydrogen-bond acceptors (Lipinski definition) is 2. The summed E-state index contributed by atoms with van der Waals surface area (Å²) in [7, 11) is 2.24. The van der Waals surface area contributed by atoms with Crippen molar-refractivity contribution in [3.8, 4) is 0 Å². The van der Waals surface area contributed by atoms with Crippen molar-refractivity contribution in [2.45, 2.75) is 59.4 Å². The van der Waals surface area contributed by atoms with Gasteiger partial charge in [-0.05, 0) is 64.6 Å². The molecule has 0 aromatic carbocycles. The molecule has 0 aromatic rings. The Morgan fingerprint density at radius 3 is 2.19 bits per heavy atom. The quantitative estimate of drug-likeness (QED) is 0.657. The van der Waals surface area contributed by atoms with Gasteiger partial charge in [-0.2, -0.15) is 0 Å². The molecule has 2 nitrogen and oxygen atoms in total. The standard InChI is InChI=1S/C14H32N2/c1-6-13(4)16(5)11-7-8-14(9-10-15)12(2)3/h12-14H,6-11,15H2,1-5H3. The Hall–Kier alpha value is -0.0800. The van der Waals surface area contributed by atoms with E-state index in [1.54, 1.807) is 0 Å². The van der Waals surface area contributed by atoms with Crippen molar-refractivity contribution in [3.05, 3.63) is 0 Å². The van der Waals surface area contributed by atoms with Crippen molar-refractivity contribution in [2.75, 3.05) is 20.1 Å². The molecule has 0 aliphatic rings. The lowest BCUT2D eigenvalue weighted by molar-refractivity contribution is 0.231. The molecule has 16 heavy (non-hydrogen) atoms. The van der Waals surface area contributed by atoms with Gasteiger partial charge in [-0.15, -0.1) is 0 Å². The summed E-state index contributed by atoms with van der Waals surface area (Å²) >= 11 is 0. The van der Waals surface area contributed by atoms with Gasteiger partial charge in [0.1, 0.15) is 0 Å². The number of nitrogens with two attached hydrogens (primary N) is 1. The summed E-state index contributed by atoms with van der Waals surface area (Å²) in [5.41, 5.74) is 5.66. The van der Waals surface area contributed by atoms with Crippen molar-refractivity contribution in [1.82, 2.24) is 4.90 Å². The SMILES string of the molecule is CCC(C)N(C)CCCC(CCN)C(C)C. The average molecular weight is 228 g/mol. The number of rotatable bonds is 9. The monoisotopic (exact) mass is 228 g/mol. The average Bonchev–Trinajstić information content (AvgIpc) is 2.26. The van der Waals surface area contributed by atoms with E-state index in [9.17, 15) is 0 Å². The minimum absolute atomic E-state index is 0.715. The number of nitrogens with zero attached hydrogens (tertiary/aromatic N) is 1. The van der Waals surface area contributed by atoms with E-state index in [1.165, 1.54) is 32.2 Å². The predicted octanol–water partition coefficient (Wildman–Crippen LogP) is 3.12. The van der Waals surface area contributed by atoms with Gasteiger partial charge in [0.05, 0.1) is 0 Å². The van der Waals surface area contributed by atoms with Crippen LogP contribution in [-0.2, 0) is 0 Å². The fourth-order valence-electron chi connectivity index (χ4n) is 2.16. The van der Waals surface area contributed by atoms with E-state index in [4.69, 9.17) is 5.73 Å². The topological polar surface area (TPSA) is 29.3 Å². The highest BCUT2D eigenvalue weighted by molar-refractivity contribution is 4.66. The van der Waals surface area contributed by atoms with Crippen molar-refractivity contribution >= 4 is 0 Å². The van der Waals surface area contributed by atoms with E-state index in [2.05, 4.69) is 39.6 Å². The number of hydrogen-bond donors (Lipinski definition) is 1. The third-order valence-corrected chi connectivity index (χ3v) is 3.91. The third-order valence-electron chi connectivity index (χ3n) is 3.91. The molecule has 0 bridgehead atoms. The highest BCUT2D eigenvalue weighted by atomic mass is 15.1. The van der Waals surface area contributed by atoms with E-state index >= 15 is 0 Å². The molecule has 0 spiro atoms. The van der Waals surface area contributed by atoms with E-state index in [1.807, 2.05) is 0 Å². The summed E-state index contributed by atoms with van der Waals surface area (Å²) < 4.78 is 0. The van der Waals surface area contributed by atoms with Gasteiger partial charge < -0.3 is 10.6 Å². The molecule has 0 radical (unpaired) electrons. The summed E-state index contributed by atoms with van der Waals surface area (Å²) in [6, 6.07) is 0.715. The maximum Gasteiger partial charge on any atom is 0.00612 e. The lowest BCUT2D eigenvalue weighted by Crippen LogP contribution is -2.29. The molecule has 0 aliphatic heterocycles. The van der Waals surface area contributed by atoms with Gasteiger partial charge in [0, 0.05) is 6.04 Å². The Labute approximate surface area is 103 Å². The van der Waals surface area contributed by atoms with Gasteiger partial charge in [-0.3, -0.25) is 0 Å². The highest BCUT2D eigenvalue weighted by Crippen LogP contribution is 2.20. The second-order valence-corrected chi connectivity index (χ2v) is 5.46.